The lowest BCUT2D eigenvalue weighted by atomic mass is 10.1. The number of rotatable bonds is 3. The number of aryl methyl sites for hydroxylation is 1. The largest absolute Gasteiger partial charge is 0.317 e. The Labute approximate surface area is 119 Å². The van der Waals surface area contributed by atoms with E-state index in [4.69, 9.17) is 0 Å². The average Bonchev–Trinajstić information content (AvgIpc) is 2.48. The number of benzene rings is 3. The molecule has 98 valence electrons. The van der Waals surface area contributed by atoms with Crippen LogP contribution in [0, 0.1) is 6.92 Å². The van der Waals surface area contributed by atoms with E-state index in [0.717, 1.165) is 11.4 Å². The monoisotopic (exact) mass is 259 g/mol. The summed E-state index contributed by atoms with van der Waals surface area (Å²) in [6, 6.07) is 23.2. The molecule has 0 atom stereocenters. The first-order chi connectivity index (χ1) is 9.79. The molecule has 0 aliphatic rings. The number of hydrogen-bond acceptors (Lipinski definition) is 1. The molecule has 0 radical (unpaired) electrons. The van der Waals surface area contributed by atoms with Crippen molar-refractivity contribution < 1.29 is 0 Å². The molecule has 3 aromatic carbocycles. The molecule has 20 heavy (non-hydrogen) atoms. The fraction of sp³-hybridized carbons (Fsp3) is 0.0526. The lowest BCUT2D eigenvalue weighted by Crippen LogP contribution is -2.08. The molecule has 0 bridgehead atoms. The topological polar surface area (TPSA) is 3.24 Å². The van der Waals surface area contributed by atoms with Crippen LogP contribution < -0.4 is 4.90 Å². The molecule has 0 saturated carbocycles. The molecule has 0 saturated heterocycles. The summed E-state index contributed by atoms with van der Waals surface area (Å²) >= 11 is 0. The fourth-order valence-electron chi connectivity index (χ4n) is 2.54. The van der Waals surface area contributed by atoms with Crippen LogP contribution in [0.15, 0.2) is 79.5 Å². The molecule has 0 amide bonds. The molecular formula is C19H17N. The highest BCUT2D eigenvalue weighted by Crippen LogP contribution is 2.32. The summed E-state index contributed by atoms with van der Waals surface area (Å²) in [5.41, 5.74) is 3.54. The highest BCUT2D eigenvalue weighted by atomic mass is 15.1. The van der Waals surface area contributed by atoms with Crippen LogP contribution in [-0.2, 0) is 0 Å². The van der Waals surface area contributed by atoms with E-state index in [-0.39, 0.29) is 0 Å². The smallest absolute Gasteiger partial charge is 0.0533 e. The molecule has 0 fully saturated rings. The van der Waals surface area contributed by atoms with Crippen molar-refractivity contribution in [1.29, 1.82) is 0 Å². The van der Waals surface area contributed by atoms with Crippen molar-refractivity contribution in [3.63, 3.8) is 0 Å². The summed E-state index contributed by atoms with van der Waals surface area (Å²) in [5.74, 6) is 0. The second-order valence-corrected chi connectivity index (χ2v) is 4.89. The van der Waals surface area contributed by atoms with Crippen molar-refractivity contribution in [2.45, 2.75) is 6.92 Å². The Morgan fingerprint density at radius 1 is 0.900 bits per heavy atom. The van der Waals surface area contributed by atoms with Gasteiger partial charge in [-0.15, -0.1) is 0 Å². The minimum Gasteiger partial charge on any atom is -0.317 e. The van der Waals surface area contributed by atoms with Crippen molar-refractivity contribution in [3.8, 4) is 0 Å². The van der Waals surface area contributed by atoms with Gasteiger partial charge < -0.3 is 4.90 Å². The normalized spacial score (nSPS) is 10.4. The van der Waals surface area contributed by atoms with Crippen molar-refractivity contribution in [3.05, 3.63) is 85.1 Å². The van der Waals surface area contributed by atoms with Crippen LogP contribution in [-0.4, -0.2) is 0 Å². The summed E-state index contributed by atoms with van der Waals surface area (Å²) < 4.78 is 0. The lowest BCUT2D eigenvalue weighted by Gasteiger charge is -2.22. The summed E-state index contributed by atoms with van der Waals surface area (Å²) in [7, 11) is 0. The van der Waals surface area contributed by atoms with E-state index in [2.05, 4.69) is 85.1 Å². The van der Waals surface area contributed by atoms with Crippen molar-refractivity contribution in [2.24, 2.45) is 0 Å². The highest BCUT2D eigenvalue weighted by molar-refractivity contribution is 5.96. The van der Waals surface area contributed by atoms with Gasteiger partial charge >= 0.3 is 0 Å². The first-order valence-corrected chi connectivity index (χ1v) is 6.76. The van der Waals surface area contributed by atoms with Gasteiger partial charge in [0.05, 0.1) is 5.69 Å². The van der Waals surface area contributed by atoms with Gasteiger partial charge in [0.2, 0.25) is 0 Å². The van der Waals surface area contributed by atoms with Crippen molar-refractivity contribution >= 4 is 22.1 Å². The van der Waals surface area contributed by atoms with Gasteiger partial charge in [0.15, 0.2) is 0 Å². The first-order valence-electron chi connectivity index (χ1n) is 6.76. The van der Waals surface area contributed by atoms with E-state index in [1.54, 1.807) is 0 Å². The zero-order valence-corrected chi connectivity index (χ0v) is 11.6. The molecule has 0 N–H and O–H groups in total. The van der Waals surface area contributed by atoms with E-state index in [0.29, 0.717) is 0 Å². The third-order valence-corrected chi connectivity index (χ3v) is 3.49. The third kappa shape index (κ3) is 2.19. The molecule has 0 aliphatic heterocycles. The second-order valence-electron chi connectivity index (χ2n) is 4.89. The van der Waals surface area contributed by atoms with Crippen LogP contribution in [0.1, 0.15) is 5.56 Å². The molecule has 1 nitrogen and oxygen atoms in total. The van der Waals surface area contributed by atoms with E-state index in [1.807, 2.05) is 6.20 Å². The maximum Gasteiger partial charge on any atom is 0.0533 e. The van der Waals surface area contributed by atoms with E-state index in [9.17, 15) is 0 Å². The van der Waals surface area contributed by atoms with Crippen LogP contribution in [0.4, 0.5) is 11.4 Å². The molecule has 0 heterocycles. The summed E-state index contributed by atoms with van der Waals surface area (Å²) in [6.45, 7) is 6.08. The fourth-order valence-corrected chi connectivity index (χ4v) is 2.54. The van der Waals surface area contributed by atoms with Gasteiger partial charge in [-0.2, -0.15) is 0 Å². The Bertz CT molecular complexity index is 753. The minimum atomic E-state index is 1.14. The standard InChI is InChI=1S/C19H17N/c1-3-20(17-11-6-8-15(2)14-17)19-13-7-10-16-9-4-5-12-18(16)19/h3-14H,1H2,2H3. The van der Waals surface area contributed by atoms with Gasteiger partial charge in [-0.05, 0) is 36.1 Å². The Hall–Kier alpha value is -2.54. The van der Waals surface area contributed by atoms with Crippen molar-refractivity contribution in [2.75, 3.05) is 4.90 Å². The summed E-state index contributed by atoms with van der Waals surface area (Å²) in [4.78, 5) is 2.13. The lowest BCUT2D eigenvalue weighted by molar-refractivity contribution is 1.29. The highest BCUT2D eigenvalue weighted by Gasteiger charge is 2.09. The molecule has 1 heteroatoms. The van der Waals surface area contributed by atoms with Gasteiger partial charge in [0.1, 0.15) is 0 Å². The van der Waals surface area contributed by atoms with Crippen LogP contribution in [0.2, 0.25) is 0 Å². The van der Waals surface area contributed by atoms with E-state index < -0.39 is 0 Å². The zero-order chi connectivity index (χ0) is 13.9. The number of nitrogens with zero attached hydrogens (tertiary/aromatic N) is 1. The number of hydrogen-bond donors (Lipinski definition) is 0. The third-order valence-electron chi connectivity index (χ3n) is 3.49. The SMILES string of the molecule is C=CN(c1cccc(C)c1)c1cccc2ccccc12. The first kappa shape index (κ1) is 12.5. The average molecular weight is 259 g/mol. The quantitative estimate of drug-likeness (QED) is 0.606. The van der Waals surface area contributed by atoms with Gasteiger partial charge in [-0.3, -0.25) is 0 Å². The van der Waals surface area contributed by atoms with Gasteiger partial charge in [-0.25, -0.2) is 0 Å². The predicted molar refractivity (Wildman–Crippen MR) is 87.5 cm³/mol. The van der Waals surface area contributed by atoms with Crippen molar-refractivity contribution in [1.82, 2.24) is 0 Å². The van der Waals surface area contributed by atoms with E-state index in [1.165, 1.54) is 16.3 Å². The maximum absolute atomic E-state index is 3.98. The Balaban J connectivity index is 2.19. The maximum atomic E-state index is 3.98. The number of anilines is 2. The molecule has 0 aliphatic carbocycles. The Kier molecular flexibility index (Phi) is 3.26. The molecule has 0 unspecified atom stereocenters. The molecular weight excluding hydrogens is 242 g/mol. The van der Waals surface area contributed by atoms with Gasteiger partial charge in [0.25, 0.3) is 0 Å². The van der Waals surface area contributed by atoms with Crippen LogP contribution >= 0.6 is 0 Å². The summed E-state index contributed by atoms with van der Waals surface area (Å²) in [5, 5.41) is 2.47. The second kappa shape index (κ2) is 5.22. The number of fused-ring (bicyclic) bond motifs is 1. The van der Waals surface area contributed by atoms with Gasteiger partial charge in [0, 0.05) is 17.3 Å². The van der Waals surface area contributed by atoms with Gasteiger partial charge in [-0.1, -0.05) is 55.1 Å². The van der Waals surface area contributed by atoms with Crippen LogP contribution in [0.25, 0.3) is 10.8 Å². The van der Waals surface area contributed by atoms with E-state index >= 15 is 0 Å². The Morgan fingerprint density at radius 3 is 2.45 bits per heavy atom. The molecule has 0 spiro atoms. The summed E-state index contributed by atoms with van der Waals surface area (Å²) in [6.07, 6.45) is 1.87. The minimum absolute atomic E-state index is 1.14. The Morgan fingerprint density at radius 2 is 1.65 bits per heavy atom. The van der Waals surface area contributed by atoms with Crippen LogP contribution in [0.3, 0.4) is 0 Å². The molecule has 3 rings (SSSR count). The zero-order valence-electron chi connectivity index (χ0n) is 11.6. The molecule has 0 aromatic heterocycles. The molecule has 3 aromatic rings. The predicted octanol–water partition coefficient (Wildman–Crippen LogP) is 5.43. The van der Waals surface area contributed by atoms with Crippen LogP contribution in [0.5, 0.6) is 0 Å².